The van der Waals surface area contributed by atoms with Gasteiger partial charge in [-0.2, -0.15) is 14.9 Å². The van der Waals surface area contributed by atoms with Crippen LogP contribution >= 0.6 is 7.82 Å². The molecule has 0 aliphatic rings. The number of rotatable bonds is 8. The van der Waals surface area contributed by atoms with Crippen LogP contribution in [0.4, 0.5) is 0 Å². The second-order valence-corrected chi connectivity index (χ2v) is 5.99. The van der Waals surface area contributed by atoms with E-state index in [0.717, 1.165) is 0 Å². The number of nitriles is 1. The fourth-order valence-corrected chi connectivity index (χ4v) is 2.39. The molecular formula is C11H23N2O4P. The van der Waals surface area contributed by atoms with E-state index in [4.69, 9.17) is 14.4 Å². The van der Waals surface area contributed by atoms with Crippen LogP contribution in [0, 0.1) is 17.2 Å². The Balaban J connectivity index is 4.46. The first-order chi connectivity index (χ1) is 8.23. The lowest BCUT2D eigenvalue weighted by Crippen LogP contribution is -2.36. The van der Waals surface area contributed by atoms with Crippen LogP contribution in [0.2, 0.25) is 0 Å². The zero-order valence-electron chi connectivity index (χ0n) is 11.7. The Kier molecular flexibility index (Phi) is 7.69. The molecule has 0 fully saturated rings. The minimum atomic E-state index is -4.16. The molecular weight excluding hydrogens is 255 g/mol. The molecule has 0 aromatic rings. The first-order valence-corrected chi connectivity index (χ1v) is 7.58. The highest BCUT2D eigenvalue weighted by atomic mass is 31.2. The minimum Gasteiger partial charge on any atom is -0.301 e. The molecule has 106 valence electrons. The Hall–Kier alpha value is -0.440. The SMILES string of the molecule is CCC(C#N)COP(=O)(O)ON(C(C)C)C(C)C. The molecule has 0 saturated carbocycles. The van der Waals surface area contributed by atoms with Crippen molar-refractivity contribution in [2.45, 2.75) is 53.1 Å². The third kappa shape index (κ3) is 6.48. The first-order valence-electron chi connectivity index (χ1n) is 6.08. The van der Waals surface area contributed by atoms with E-state index in [9.17, 15) is 9.46 Å². The fraction of sp³-hybridized carbons (Fsp3) is 0.909. The molecule has 2 atom stereocenters. The van der Waals surface area contributed by atoms with E-state index in [0.29, 0.717) is 6.42 Å². The van der Waals surface area contributed by atoms with Gasteiger partial charge in [0.15, 0.2) is 0 Å². The summed E-state index contributed by atoms with van der Waals surface area (Å²) in [6, 6.07) is 1.90. The van der Waals surface area contributed by atoms with E-state index in [1.807, 2.05) is 40.7 Å². The highest BCUT2D eigenvalue weighted by Crippen LogP contribution is 2.45. The van der Waals surface area contributed by atoms with Crippen molar-refractivity contribution in [1.82, 2.24) is 5.06 Å². The zero-order chi connectivity index (χ0) is 14.3. The molecule has 0 aliphatic carbocycles. The second kappa shape index (κ2) is 7.88. The van der Waals surface area contributed by atoms with Gasteiger partial charge in [0, 0.05) is 12.1 Å². The van der Waals surface area contributed by atoms with Crippen molar-refractivity contribution in [2.75, 3.05) is 6.61 Å². The molecule has 0 spiro atoms. The Bertz CT molecular complexity index is 319. The van der Waals surface area contributed by atoms with Crippen molar-refractivity contribution in [2.24, 2.45) is 5.92 Å². The summed E-state index contributed by atoms with van der Waals surface area (Å²) in [7, 11) is -4.16. The van der Waals surface area contributed by atoms with Gasteiger partial charge < -0.3 is 4.89 Å². The summed E-state index contributed by atoms with van der Waals surface area (Å²) in [6.07, 6.45) is 0.564. The maximum atomic E-state index is 11.7. The Morgan fingerprint density at radius 1 is 1.33 bits per heavy atom. The van der Waals surface area contributed by atoms with Gasteiger partial charge in [0.25, 0.3) is 0 Å². The van der Waals surface area contributed by atoms with Crippen molar-refractivity contribution < 1.29 is 18.6 Å². The Labute approximate surface area is 109 Å². The van der Waals surface area contributed by atoms with E-state index >= 15 is 0 Å². The van der Waals surface area contributed by atoms with Crippen molar-refractivity contribution in [3.05, 3.63) is 0 Å². The van der Waals surface area contributed by atoms with Crippen molar-refractivity contribution >= 4 is 7.82 Å². The smallest absolute Gasteiger partial charge is 0.301 e. The van der Waals surface area contributed by atoms with Gasteiger partial charge in [-0.3, -0.25) is 4.52 Å². The number of nitrogens with zero attached hydrogens (tertiary/aromatic N) is 2. The van der Waals surface area contributed by atoms with Crippen LogP contribution in [0.1, 0.15) is 41.0 Å². The van der Waals surface area contributed by atoms with Crippen LogP contribution in [-0.2, 0) is 13.7 Å². The largest absolute Gasteiger partial charge is 0.489 e. The summed E-state index contributed by atoms with van der Waals surface area (Å²) < 4.78 is 21.6. The molecule has 2 unspecified atom stereocenters. The third-order valence-corrected chi connectivity index (χ3v) is 3.20. The van der Waals surface area contributed by atoms with Crippen LogP contribution in [0.5, 0.6) is 0 Å². The molecule has 18 heavy (non-hydrogen) atoms. The van der Waals surface area contributed by atoms with Crippen LogP contribution in [0.3, 0.4) is 0 Å². The highest BCUT2D eigenvalue weighted by molar-refractivity contribution is 7.47. The van der Waals surface area contributed by atoms with Crippen molar-refractivity contribution in [1.29, 1.82) is 5.26 Å². The molecule has 6 nitrogen and oxygen atoms in total. The summed E-state index contributed by atoms with van der Waals surface area (Å²) in [5, 5.41) is 10.1. The van der Waals surface area contributed by atoms with E-state index in [1.54, 1.807) is 0 Å². The summed E-state index contributed by atoms with van der Waals surface area (Å²) in [5.74, 6) is -0.402. The zero-order valence-corrected chi connectivity index (χ0v) is 12.6. The number of phosphoric acid groups is 1. The molecule has 0 bridgehead atoms. The van der Waals surface area contributed by atoms with Crippen LogP contribution in [0.25, 0.3) is 0 Å². The first kappa shape index (κ1) is 17.6. The number of phosphoric ester groups is 1. The predicted molar refractivity (Wildman–Crippen MR) is 68.4 cm³/mol. The molecule has 0 heterocycles. The molecule has 0 rings (SSSR count). The second-order valence-electron chi connectivity index (χ2n) is 4.63. The average Bonchev–Trinajstić information content (AvgIpc) is 2.26. The molecule has 0 aromatic carbocycles. The van der Waals surface area contributed by atoms with E-state index in [1.165, 1.54) is 5.06 Å². The summed E-state index contributed by atoms with van der Waals surface area (Å²) in [6.45, 7) is 9.11. The van der Waals surface area contributed by atoms with Gasteiger partial charge in [-0.15, -0.1) is 0 Å². The number of hydroxylamine groups is 2. The molecule has 0 radical (unpaired) electrons. The topological polar surface area (TPSA) is 82.8 Å². The molecule has 0 aromatic heterocycles. The average molecular weight is 278 g/mol. The normalized spacial score (nSPS) is 16.9. The molecule has 7 heteroatoms. The van der Waals surface area contributed by atoms with Crippen molar-refractivity contribution in [3.8, 4) is 6.07 Å². The molecule has 0 amide bonds. The van der Waals surface area contributed by atoms with Gasteiger partial charge in [-0.1, -0.05) is 6.92 Å². The van der Waals surface area contributed by atoms with Gasteiger partial charge in [0.05, 0.1) is 18.6 Å². The number of hydrogen-bond donors (Lipinski definition) is 1. The lowest BCUT2D eigenvalue weighted by Gasteiger charge is -2.30. The fourth-order valence-electron chi connectivity index (χ4n) is 1.36. The van der Waals surface area contributed by atoms with Gasteiger partial charge in [-0.25, -0.2) is 4.57 Å². The lowest BCUT2D eigenvalue weighted by molar-refractivity contribution is -0.133. The summed E-state index contributed by atoms with van der Waals surface area (Å²) in [5.41, 5.74) is 0. The molecule has 0 saturated heterocycles. The van der Waals surface area contributed by atoms with Gasteiger partial charge in [0.1, 0.15) is 0 Å². The van der Waals surface area contributed by atoms with Gasteiger partial charge in [0.2, 0.25) is 0 Å². The van der Waals surface area contributed by atoms with E-state index in [2.05, 4.69) is 0 Å². The maximum Gasteiger partial charge on any atom is 0.489 e. The van der Waals surface area contributed by atoms with E-state index < -0.39 is 13.7 Å². The third-order valence-electron chi connectivity index (χ3n) is 2.33. The van der Waals surface area contributed by atoms with Crippen molar-refractivity contribution in [3.63, 3.8) is 0 Å². The van der Waals surface area contributed by atoms with Crippen LogP contribution < -0.4 is 0 Å². The molecule has 1 N–H and O–H groups in total. The quantitative estimate of drug-likeness (QED) is 0.543. The van der Waals surface area contributed by atoms with Crippen LogP contribution in [-0.4, -0.2) is 28.6 Å². The highest BCUT2D eigenvalue weighted by Gasteiger charge is 2.29. The van der Waals surface area contributed by atoms with Crippen LogP contribution in [0.15, 0.2) is 0 Å². The Morgan fingerprint density at radius 3 is 2.17 bits per heavy atom. The van der Waals surface area contributed by atoms with E-state index in [-0.39, 0.29) is 18.7 Å². The predicted octanol–water partition coefficient (Wildman–Crippen LogP) is 2.70. The summed E-state index contributed by atoms with van der Waals surface area (Å²) in [4.78, 5) is 9.58. The monoisotopic (exact) mass is 278 g/mol. The van der Waals surface area contributed by atoms with Gasteiger partial charge >= 0.3 is 7.82 Å². The minimum absolute atomic E-state index is 0.0491. The maximum absolute atomic E-state index is 11.7. The summed E-state index contributed by atoms with van der Waals surface area (Å²) >= 11 is 0. The van der Waals surface area contributed by atoms with Gasteiger partial charge in [-0.05, 0) is 34.1 Å². The lowest BCUT2D eigenvalue weighted by atomic mass is 10.1. The standard InChI is InChI=1S/C11H23N2O4P/c1-6-11(7-12)8-16-18(14,15)17-13(9(2)3)10(4)5/h9-11H,6,8H2,1-5H3,(H,14,15). The molecule has 0 aliphatic heterocycles. The Morgan fingerprint density at radius 2 is 1.83 bits per heavy atom. The number of hydrogen-bond acceptors (Lipinski definition) is 5.